The fourth-order valence-electron chi connectivity index (χ4n) is 0.946. The van der Waals surface area contributed by atoms with Crippen molar-refractivity contribution in [2.45, 2.75) is 25.4 Å². The lowest BCUT2D eigenvalue weighted by Gasteiger charge is -2.02. The summed E-state index contributed by atoms with van der Waals surface area (Å²) in [7, 11) is 1.56. The summed E-state index contributed by atoms with van der Waals surface area (Å²) in [6.45, 7) is 1.42. The van der Waals surface area contributed by atoms with Crippen molar-refractivity contribution in [2.75, 3.05) is 20.3 Å². The van der Waals surface area contributed by atoms with Gasteiger partial charge in [0.25, 0.3) is 0 Å². The first-order chi connectivity index (χ1) is 5.83. The van der Waals surface area contributed by atoms with E-state index >= 15 is 0 Å². The van der Waals surface area contributed by atoms with Crippen LogP contribution in [0.25, 0.3) is 0 Å². The van der Waals surface area contributed by atoms with Crippen molar-refractivity contribution < 1.29 is 14.3 Å². The predicted octanol–water partition coefficient (Wildman–Crippen LogP) is 0.911. The normalized spacial score (nSPS) is 20.2. The number of hydrogen-bond donors (Lipinski definition) is 1. The third kappa shape index (κ3) is 4.18. The maximum absolute atomic E-state index is 10.6. The molecule has 1 N–H and O–H groups in total. The third-order valence-electron chi connectivity index (χ3n) is 1.76. The van der Waals surface area contributed by atoms with Crippen LogP contribution in [0.1, 0.15) is 19.3 Å². The van der Waals surface area contributed by atoms with Gasteiger partial charge in [-0.15, -0.1) is 0 Å². The fourth-order valence-corrected chi connectivity index (χ4v) is 0.946. The van der Waals surface area contributed by atoms with Crippen LogP contribution in [-0.4, -0.2) is 32.5 Å². The molecule has 0 aromatic heterocycles. The lowest BCUT2D eigenvalue weighted by atomic mass is 10.2. The molecule has 1 saturated heterocycles. The number of alkyl carbamates (subject to hydrolysis) is 1. The number of nitrogens with one attached hydrogen (secondary N) is 1. The Kier molecular flexibility index (Phi) is 3.87. The molecule has 1 rings (SSSR count). The van der Waals surface area contributed by atoms with Crippen LogP contribution < -0.4 is 5.32 Å². The standard InChI is InChI=1S/C8H15NO3/c1-9-8(10)11-5-3-2-4-7-6-12-7/h7H,2-6H2,1H3,(H,9,10). The molecule has 4 nitrogen and oxygen atoms in total. The quantitative estimate of drug-likeness (QED) is 0.496. The zero-order valence-electron chi connectivity index (χ0n) is 7.34. The van der Waals surface area contributed by atoms with E-state index in [0.717, 1.165) is 25.9 Å². The Balaban J connectivity index is 1.78. The number of epoxide rings is 1. The summed E-state index contributed by atoms with van der Waals surface area (Å²) in [5, 5.41) is 2.39. The van der Waals surface area contributed by atoms with Crippen molar-refractivity contribution in [2.24, 2.45) is 0 Å². The van der Waals surface area contributed by atoms with Crippen LogP contribution in [0.2, 0.25) is 0 Å². The number of hydrogen-bond acceptors (Lipinski definition) is 3. The number of carbonyl (C=O) groups excluding carboxylic acids is 1. The second-order valence-electron chi connectivity index (χ2n) is 2.84. The SMILES string of the molecule is CNC(=O)OCCCCC1CO1. The average Bonchev–Trinajstić information content (AvgIpc) is 2.87. The largest absolute Gasteiger partial charge is 0.450 e. The molecule has 1 amide bonds. The summed E-state index contributed by atoms with van der Waals surface area (Å²) in [4.78, 5) is 10.6. The van der Waals surface area contributed by atoms with Gasteiger partial charge in [0.2, 0.25) is 0 Å². The Morgan fingerprint density at radius 1 is 1.67 bits per heavy atom. The molecule has 0 saturated carbocycles. The Morgan fingerprint density at radius 3 is 3.00 bits per heavy atom. The summed E-state index contributed by atoms with van der Waals surface area (Å²) in [6.07, 6.45) is 3.23. The Labute approximate surface area is 72.2 Å². The minimum absolute atomic E-state index is 0.349. The number of unbranched alkanes of at least 4 members (excludes halogenated alkanes) is 1. The number of ether oxygens (including phenoxy) is 2. The molecule has 0 radical (unpaired) electrons. The molecule has 1 unspecified atom stereocenters. The lowest BCUT2D eigenvalue weighted by molar-refractivity contribution is 0.146. The van der Waals surface area contributed by atoms with E-state index < -0.39 is 0 Å². The van der Waals surface area contributed by atoms with Gasteiger partial charge in [-0.1, -0.05) is 0 Å². The average molecular weight is 173 g/mol. The van der Waals surface area contributed by atoms with Crippen molar-refractivity contribution >= 4 is 6.09 Å². The molecule has 1 aliphatic heterocycles. The van der Waals surface area contributed by atoms with E-state index in [-0.39, 0.29) is 6.09 Å². The van der Waals surface area contributed by atoms with Gasteiger partial charge in [-0.3, -0.25) is 0 Å². The molecule has 4 heteroatoms. The molecular weight excluding hydrogens is 158 g/mol. The van der Waals surface area contributed by atoms with Crippen LogP contribution in [0, 0.1) is 0 Å². The predicted molar refractivity (Wildman–Crippen MR) is 44.0 cm³/mol. The summed E-state index contributed by atoms with van der Waals surface area (Å²) in [5.74, 6) is 0. The molecule has 1 heterocycles. The minimum atomic E-state index is -0.349. The second kappa shape index (κ2) is 4.98. The third-order valence-corrected chi connectivity index (χ3v) is 1.76. The molecule has 0 aliphatic carbocycles. The van der Waals surface area contributed by atoms with Gasteiger partial charge in [-0.2, -0.15) is 0 Å². The number of rotatable bonds is 5. The van der Waals surface area contributed by atoms with Gasteiger partial charge >= 0.3 is 6.09 Å². The molecule has 1 aliphatic rings. The Bertz CT molecular complexity index is 145. The molecule has 0 aromatic rings. The van der Waals surface area contributed by atoms with Crippen molar-refractivity contribution in [1.82, 2.24) is 5.32 Å². The molecule has 0 bridgehead atoms. The molecule has 1 fully saturated rings. The summed E-state index contributed by atoms with van der Waals surface area (Å²) in [5.41, 5.74) is 0. The molecule has 1 atom stereocenters. The first-order valence-corrected chi connectivity index (χ1v) is 4.29. The van der Waals surface area contributed by atoms with Gasteiger partial charge in [-0.05, 0) is 19.3 Å². The topological polar surface area (TPSA) is 50.9 Å². The van der Waals surface area contributed by atoms with E-state index in [4.69, 9.17) is 9.47 Å². The molecular formula is C8H15NO3. The van der Waals surface area contributed by atoms with E-state index in [0.29, 0.717) is 12.7 Å². The zero-order valence-corrected chi connectivity index (χ0v) is 7.34. The maximum Gasteiger partial charge on any atom is 0.406 e. The lowest BCUT2D eigenvalue weighted by Crippen LogP contribution is -2.19. The highest BCUT2D eigenvalue weighted by atomic mass is 16.6. The van der Waals surface area contributed by atoms with E-state index in [1.165, 1.54) is 0 Å². The smallest absolute Gasteiger partial charge is 0.406 e. The molecule has 12 heavy (non-hydrogen) atoms. The van der Waals surface area contributed by atoms with E-state index in [2.05, 4.69) is 5.32 Å². The van der Waals surface area contributed by atoms with Gasteiger partial charge < -0.3 is 14.8 Å². The zero-order chi connectivity index (χ0) is 8.81. The van der Waals surface area contributed by atoms with Gasteiger partial charge in [-0.25, -0.2) is 4.79 Å². The molecule has 0 aromatic carbocycles. The van der Waals surface area contributed by atoms with Gasteiger partial charge in [0, 0.05) is 7.05 Å². The van der Waals surface area contributed by atoms with Crippen LogP contribution in [0.3, 0.4) is 0 Å². The molecule has 0 spiro atoms. The molecule has 70 valence electrons. The Hall–Kier alpha value is -0.770. The summed E-state index contributed by atoms with van der Waals surface area (Å²) >= 11 is 0. The van der Waals surface area contributed by atoms with Gasteiger partial charge in [0.1, 0.15) is 0 Å². The highest BCUT2D eigenvalue weighted by Crippen LogP contribution is 2.16. The number of carbonyl (C=O) groups is 1. The summed E-state index contributed by atoms with van der Waals surface area (Å²) in [6, 6.07) is 0. The number of amides is 1. The van der Waals surface area contributed by atoms with Crippen molar-refractivity contribution in [1.29, 1.82) is 0 Å². The first kappa shape index (κ1) is 9.32. The van der Waals surface area contributed by atoms with E-state index in [9.17, 15) is 4.79 Å². The van der Waals surface area contributed by atoms with Crippen LogP contribution >= 0.6 is 0 Å². The highest BCUT2D eigenvalue weighted by Gasteiger charge is 2.20. The minimum Gasteiger partial charge on any atom is -0.450 e. The fraction of sp³-hybridized carbons (Fsp3) is 0.875. The van der Waals surface area contributed by atoms with Crippen LogP contribution in [0.4, 0.5) is 4.79 Å². The van der Waals surface area contributed by atoms with Crippen molar-refractivity contribution in [3.63, 3.8) is 0 Å². The van der Waals surface area contributed by atoms with Crippen LogP contribution in [0.15, 0.2) is 0 Å². The van der Waals surface area contributed by atoms with E-state index in [1.54, 1.807) is 7.05 Å². The van der Waals surface area contributed by atoms with Gasteiger partial charge in [0.15, 0.2) is 0 Å². The van der Waals surface area contributed by atoms with Crippen LogP contribution in [0.5, 0.6) is 0 Å². The van der Waals surface area contributed by atoms with Crippen molar-refractivity contribution in [3.05, 3.63) is 0 Å². The van der Waals surface area contributed by atoms with Crippen LogP contribution in [-0.2, 0) is 9.47 Å². The highest BCUT2D eigenvalue weighted by molar-refractivity contribution is 5.66. The first-order valence-electron chi connectivity index (χ1n) is 4.29. The van der Waals surface area contributed by atoms with Crippen molar-refractivity contribution in [3.8, 4) is 0 Å². The second-order valence-corrected chi connectivity index (χ2v) is 2.84. The summed E-state index contributed by atoms with van der Waals surface area (Å²) < 4.78 is 9.84. The Morgan fingerprint density at radius 2 is 2.42 bits per heavy atom. The van der Waals surface area contributed by atoms with Gasteiger partial charge in [0.05, 0.1) is 19.3 Å². The maximum atomic E-state index is 10.6. The monoisotopic (exact) mass is 173 g/mol. The van der Waals surface area contributed by atoms with E-state index in [1.807, 2.05) is 0 Å².